The number of esters is 1. The Morgan fingerprint density at radius 3 is 2.41 bits per heavy atom. The van der Waals surface area contributed by atoms with Crippen molar-refractivity contribution in [2.45, 2.75) is 44.7 Å². The van der Waals surface area contributed by atoms with Gasteiger partial charge in [0.2, 0.25) is 0 Å². The van der Waals surface area contributed by atoms with Gasteiger partial charge in [0.1, 0.15) is 23.5 Å². The number of alkyl halides is 2. The fourth-order valence-electron chi connectivity index (χ4n) is 2.67. The number of hydrogen-bond donors (Lipinski definition) is 4. The molecule has 158 valence electrons. The lowest BCUT2D eigenvalue weighted by atomic mass is 9.98. The molecule has 29 heavy (non-hydrogen) atoms. The summed E-state index contributed by atoms with van der Waals surface area (Å²) in [5.74, 6) is -3.03. The third-order valence-corrected chi connectivity index (χ3v) is 4.63. The molecule has 0 saturated heterocycles. The van der Waals surface area contributed by atoms with E-state index in [1.54, 1.807) is 6.92 Å². The summed E-state index contributed by atoms with van der Waals surface area (Å²) >= 11 is 0. The van der Waals surface area contributed by atoms with E-state index in [1.165, 1.54) is 19.1 Å². The Morgan fingerprint density at radius 2 is 1.79 bits per heavy atom. The van der Waals surface area contributed by atoms with E-state index in [-0.39, 0.29) is 12.0 Å². The Hall–Kier alpha value is -2.62. The second kappa shape index (κ2) is 8.81. The number of benzene rings is 1. The number of aliphatic hydroxyl groups is 3. The van der Waals surface area contributed by atoms with Crippen LogP contribution in [0.2, 0.25) is 0 Å². The van der Waals surface area contributed by atoms with Gasteiger partial charge in [-0.3, -0.25) is 4.79 Å². The number of fused-ring (bicyclic) bond motifs is 1. The van der Waals surface area contributed by atoms with E-state index in [0.717, 1.165) is 18.2 Å². The SMILES string of the molecule is C[C@@H]1/C=C\C(=O)[C@@H](O)[C@@H](O)C/C=C/c2cc(C(O)(F)F)cc(O)c2C(=O)O[C@H]1C. The summed E-state index contributed by atoms with van der Waals surface area (Å²) in [4.78, 5) is 24.5. The first-order valence-corrected chi connectivity index (χ1v) is 8.85. The molecule has 4 N–H and O–H groups in total. The van der Waals surface area contributed by atoms with Crippen molar-refractivity contribution >= 4 is 17.8 Å². The monoisotopic (exact) mass is 412 g/mol. The second-order valence-electron chi connectivity index (χ2n) is 6.88. The maximum absolute atomic E-state index is 13.3. The Bertz CT molecular complexity index is 842. The second-order valence-corrected chi connectivity index (χ2v) is 6.88. The minimum absolute atomic E-state index is 0.195. The molecule has 0 saturated carbocycles. The number of halogens is 2. The van der Waals surface area contributed by atoms with Gasteiger partial charge < -0.3 is 25.2 Å². The quantitative estimate of drug-likeness (QED) is 0.519. The highest BCUT2D eigenvalue weighted by molar-refractivity contribution is 5.97. The van der Waals surface area contributed by atoms with Crippen molar-refractivity contribution in [2.24, 2.45) is 5.92 Å². The van der Waals surface area contributed by atoms with Crippen LogP contribution in [-0.2, 0) is 15.6 Å². The fraction of sp³-hybridized carbons (Fsp3) is 0.400. The summed E-state index contributed by atoms with van der Waals surface area (Å²) in [6, 6.07) is 1.35. The molecule has 0 radical (unpaired) electrons. The molecule has 0 amide bonds. The summed E-state index contributed by atoms with van der Waals surface area (Å²) in [5, 5.41) is 38.9. The van der Waals surface area contributed by atoms with Crippen LogP contribution in [0.1, 0.15) is 41.8 Å². The molecule has 0 spiro atoms. The van der Waals surface area contributed by atoms with Crippen molar-refractivity contribution in [3.63, 3.8) is 0 Å². The number of carbonyl (C=O) groups is 2. The number of phenols is 1. The average Bonchev–Trinajstić information content (AvgIpc) is 2.62. The molecule has 1 aliphatic rings. The zero-order valence-electron chi connectivity index (χ0n) is 15.8. The van der Waals surface area contributed by atoms with Crippen LogP contribution in [0.15, 0.2) is 30.4 Å². The van der Waals surface area contributed by atoms with Crippen LogP contribution in [0.4, 0.5) is 8.78 Å². The predicted octanol–water partition coefficient (Wildman–Crippen LogP) is 1.88. The first-order valence-electron chi connectivity index (χ1n) is 8.85. The molecular weight excluding hydrogens is 390 g/mol. The van der Waals surface area contributed by atoms with Crippen molar-refractivity contribution in [3.8, 4) is 5.75 Å². The molecule has 0 unspecified atom stereocenters. The summed E-state index contributed by atoms with van der Waals surface area (Å²) < 4.78 is 31.9. The van der Waals surface area contributed by atoms with E-state index in [0.29, 0.717) is 6.07 Å². The van der Waals surface area contributed by atoms with Crippen molar-refractivity contribution in [1.29, 1.82) is 0 Å². The number of carbonyl (C=O) groups excluding carboxylic acids is 2. The van der Waals surface area contributed by atoms with E-state index < -0.39 is 59.0 Å². The van der Waals surface area contributed by atoms with E-state index in [9.17, 15) is 33.7 Å². The lowest BCUT2D eigenvalue weighted by Gasteiger charge is -2.20. The Morgan fingerprint density at radius 1 is 1.14 bits per heavy atom. The maximum atomic E-state index is 13.3. The van der Waals surface area contributed by atoms with Crippen molar-refractivity contribution in [2.75, 3.05) is 0 Å². The summed E-state index contributed by atoms with van der Waals surface area (Å²) in [6.45, 7) is 3.16. The van der Waals surface area contributed by atoms with Crippen LogP contribution >= 0.6 is 0 Å². The maximum Gasteiger partial charge on any atom is 0.381 e. The highest BCUT2D eigenvalue weighted by atomic mass is 19.3. The molecule has 1 heterocycles. The molecule has 4 atom stereocenters. The van der Waals surface area contributed by atoms with Gasteiger partial charge in [0, 0.05) is 5.92 Å². The first-order chi connectivity index (χ1) is 13.4. The van der Waals surface area contributed by atoms with Crippen LogP contribution in [0.5, 0.6) is 5.75 Å². The van der Waals surface area contributed by atoms with Crippen LogP contribution in [0.3, 0.4) is 0 Å². The largest absolute Gasteiger partial charge is 0.507 e. The molecule has 0 bridgehead atoms. The minimum atomic E-state index is -4.27. The van der Waals surface area contributed by atoms with Crippen molar-refractivity contribution < 1.29 is 43.5 Å². The Labute approximate surface area is 165 Å². The smallest absolute Gasteiger partial charge is 0.381 e. The molecular formula is C20H22F2O7. The summed E-state index contributed by atoms with van der Waals surface area (Å²) in [5.41, 5.74) is -1.55. The average molecular weight is 412 g/mol. The van der Waals surface area contributed by atoms with Gasteiger partial charge in [-0.1, -0.05) is 25.2 Å². The van der Waals surface area contributed by atoms with Gasteiger partial charge in [-0.15, -0.1) is 0 Å². The minimum Gasteiger partial charge on any atom is -0.507 e. The van der Waals surface area contributed by atoms with Gasteiger partial charge in [0.05, 0.1) is 11.7 Å². The van der Waals surface area contributed by atoms with Crippen LogP contribution in [-0.4, -0.2) is 50.5 Å². The Balaban J connectivity index is 2.56. The van der Waals surface area contributed by atoms with Crippen LogP contribution in [0, 0.1) is 5.92 Å². The summed E-state index contributed by atoms with van der Waals surface area (Å²) in [6.07, 6.45) is -3.62. The van der Waals surface area contributed by atoms with E-state index in [4.69, 9.17) is 9.84 Å². The third-order valence-electron chi connectivity index (χ3n) is 4.63. The van der Waals surface area contributed by atoms with Gasteiger partial charge in [0.15, 0.2) is 5.78 Å². The fourth-order valence-corrected chi connectivity index (χ4v) is 2.67. The zero-order valence-corrected chi connectivity index (χ0v) is 15.8. The number of aromatic hydroxyl groups is 1. The van der Waals surface area contributed by atoms with Crippen molar-refractivity contribution in [3.05, 3.63) is 47.1 Å². The molecule has 0 aromatic heterocycles. The summed E-state index contributed by atoms with van der Waals surface area (Å²) in [7, 11) is 0. The normalized spacial score (nSPS) is 28.8. The van der Waals surface area contributed by atoms with Gasteiger partial charge >= 0.3 is 12.1 Å². The number of ether oxygens (including phenoxy) is 1. The first kappa shape index (κ1) is 22.7. The van der Waals surface area contributed by atoms with Crippen LogP contribution < -0.4 is 0 Å². The third kappa shape index (κ3) is 5.47. The molecule has 1 aromatic rings. The highest BCUT2D eigenvalue weighted by Gasteiger charge is 2.31. The molecule has 0 aliphatic carbocycles. The zero-order chi connectivity index (χ0) is 21.9. The lowest BCUT2D eigenvalue weighted by molar-refractivity contribution is -0.208. The van der Waals surface area contributed by atoms with E-state index >= 15 is 0 Å². The molecule has 1 aliphatic heterocycles. The number of aliphatic hydroxyl groups excluding tert-OH is 2. The van der Waals surface area contributed by atoms with Gasteiger partial charge in [0.25, 0.3) is 0 Å². The molecule has 1 aromatic carbocycles. The highest BCUT2D eigenvalue weighted by Crippen LogP contribution is 2.33. The molecule has 0 fully saturated rings. The number of cyclic esters (lactones) is 1. The Kier molecular flexibility index (Phi) is 6.89. The van der Waals surface area contributed by atoms with Gasteiger partial charge in [-0.25, -0.2) is 4.79 Å². The molecule has 9 heteroatoms. The van der Waals surface area contributed by atoms with Gasteiger partial charge in [-0.05, 0) is 37.1 Å². The standard InChI is InChI=1S/C20H22F2O7/c1-10-6-7-15(24)18(26)14(23)5-3-4-12-8-13(20(21,22)28)9-16(25)17(12)19(27)29-11(10)2/h3-4,6-11,14,18,23,25-26,28H,5H2,1-2H3/b4-3+,7-6-/t10-,11+,14+,18+/m1/s1. The number of phenolic OH excluding ortho intramolecular Hbond substituents is 1. The topological polar surface area (TPSA) is 124 Å². The van der Waals surface area contributed by atoms with Crippen LogP contribution in [0.25, 0.3) is 6.08 Å². The number of hydrogen-bond acceptors (Lipinski definition) is 7. The predicted molar refractivity (Wildman–Crippen MR) is 98.1 cm³/mol. The molecule has 2 rings (SSSR count). The lowest BCUT2D eigenvalue weighted by Crippen LogP contribution is -2.32. The van der Waals surface area contributed by atoms with Gasteiger partial charge in [-0.2, -0.15) is 8.78 Å². The number of rotatable bonds is 1. The van der Waals surface area contributed by atoms with E-state index in [2.05, 4.69) is 0 Å². The number of ketones is 1. The van der Waals surface area contributed by atoms with E-state index in [1.807, 2.05) is 0 Å². The molecule has 7 nitrogen and oxygen atoms in total. The van der Waals surface area contributed by atoms with Crippen molar-refractivity contribution in [1.82, 2.24) is 0 Å².